The van der Waals surface area contributed by atoms with Crippen molar-refractivity contribution in [3.63, 3.8) is 0 Å². The van der Waals surface area contributed by atoms with E-state index in [9.17, 15) is 9.18 Å². The molecule has 0 saturated heterocycles. The molecule has 0 fully saturated rings. The molecule has 0 atom stereocenters. The number of hydrogen-bond donors (Lipinski definition) is 0. The van der Waals surface area contributed by atoms with E-state index in [2.05, 4.69) is 0 Å². The number of halogens is 2. The van der Waals surface area contributed by atoms with E-state index in [0.717, 1.165) is 0 Å². The highest BCUT2D eigenvalue weighted by Gasteiger charge is 2.07. The van der Waals surface area contributed by atoms with Gasteiger partial charge >= 0.3 is 0 Å². The molecular weight excluding hydrogens is 165 g/mol. The summed E-state index contributed by atoms with van der Waals surface area (Å²) in [6, 6.07) is 2.69. The van der Waals surface area contributed by atoms with Crippen LogP contribution in [0, 0.1) is 5.82 Å². The molecule has 0 heterocycles. The van der Waals surface area contributed by atoms with E-state index in [1.807, 2.05) is 0 Å². The van der Waals surface area contributed by atoms with Gasteiger partial charge in [0.15, 0.2) is 6.29 Å². The number of aldehydes is 1. The second-order valence-corrected chi connectivity index (χ2v) is 2.39. The Labute approximate surface area is 69.6 Å². The first kappa shape index (κ1) is 8.27. The first-order valence-electron chi connectivity index (χ1n) is 2.85. The summed E-state index contributed by atoms with van der Waals surface area (Å²) >= 11 is 5.47. The van der Waals surface area contributed by atoms with Crippen LogP contribution in [0.5, 0.6) is 0 Å². The Morgan fingerprint density at radius 1 is 1.55 bits per heavy atom. The van der Waals surface area contributed by atoms with Crippen LogP contribution < -0.4 is 5.46 Å². The van der Waals surface area contributed by atoms with E-state index >= 15 is 0 Å². The Balaban J connectivity index is 3.40. The zero-order valence-corrected chi connectivity index (χ0v) is 6.23. The van der Waals surface area contributed by atoms with Gasteiger partial charge in [0.1, 0.15) is 13.7 Å². The molecule has 0 aliphatic rings. The minimum atomic E-state index is -0.757. The Morgan fingerprint density at radius 3 is 2.64 bits per heavy atom. The van der Waals surface area contributed by atoms with E-state index < -0.39 is 5.82 Å². The molecule has 0 spiro atoms. The van der Waals surface area contributed by atoms with Crippen LogP contribution >= 0.6 is 11.6 Å². The second kappa shape index (κ2) is 3.05. The van der Waals surface area contributed by atoms with E-state index in [1.165, 1.54) is 12.1 Å². The maximum Gasteiger partial charge on any atom is 0.154 e. The summed E-state index contributed by atoms with van der Waals surface area (Å²) in [5, 5.41) is 0.0756. The molecule has 1 rings (SSSR count). The zero-order valence-electron chi connectivity index (χ0n) is 5.47. The van der Waals surface area contributed by atoms with Crippen LogP contribution in [0.3, 0.4) is 0 Å². The van der Waals surface area contributed by atoms with Crippen molar-refractivity contribution in [3.8, 4) is 0 Å². The summed E-state index contributed by atoms with van der Waals surface area (Å²) in [7, 11) is 5.17. The monoisotopic (exact) mass is 168 g/mol. The summed E-state index contributed by atoms with van der Waals surface area (Å²) in [6.45, 7) is 0. The fraction of sp³-hybridized carbons (Fsp3) is 0. The average molecular weight is 168 g/mol. The highest BCUT2D eigenvalue weighted by atomic mass is 35.5. The maximum absolute atomic E-state index is 12.8. The Bertz CT molecular complexity index is 301. The third-order valence-electron chi connectivity index (χ3n) is 1.27. The molecule has 1 aromatic rings. The minimum Gasteiger partial charge on any atom is -0.298 e. The number of carbonyl (C=O) groups is 1. The topological polar surface area (TPSA) is 17.1 Å². The van der Waals surface area contributed by atoms with Gasteiger partial charge in [0.25, 0.3) is 0 Å². The molecule has 11 heavy (non-hydrogen) atoms. The van der Waals surface area contributed by atoms with Crippen LogP contribution in [-0.2, 0) is 0 Å². The maximum atomic E-state index is 12.8. The van der Waals surface area contributed by atoms with Crippen LogP contribution in [-0.4, -0.2) is 14.1 Å². The van der Waals surface area contributed by atoms with Gasteiger partial charge in [0.05, 0.1) is 10.6 Å². The lowest BCUT2D eigenvalue weighted by molar-refractivity contribution is 0.112. The van der Waals surface area contributed by atoms with Crippen molar-refractivity contribution in [2.24, 2.45) is 0 Å². The fourth-order valence-corrected chi connectivity index (χ4v) is 0.885. The van der Waals surface area contributed by atoms with Crippen LogP contribution in [0.1, 0.15) is 10.4 Å². The highest BCUT2D eigenvalue weighted by molar-refractivity contribution is 6.36. The van der Waals surface area contributed by atoms with Crippen molar-refractivity contribution in [3.05, 3.63) is 28.5 Å². The molecule has 0 unspecified atom stereocenters. The van der Waals surface area contributed by atoms with E-state index in [4.69, 9.17) is 19.4 Å². The van der Waals surface area contributed by atoms with Crippen LogP contribution in [0.15, 0.2) is 12.1 Å². The summed E-state index contributed by atoms with van der Waals surface area (Å²) in [5.41, 5.74) is -0.261. The van der Waals surface area contributed by atoms with Crippen molar-refractivity contribution in [1.29, 1.82) is 0 Å². The lowest BCUT2D eigenvalue weighted by Crippen LogP contribution is -2.11. The number of benzene rings is 1. The summed E-state index contributed by atoms with van der Waals surface area (Å²) < 4.78 is 12.8. The molecule has 1 aromatic carbocycles. The SMILES string of the molecule is [B]c1ccc(Cl)c(C=O)c1F. The van der Waals surface area contributed by atoms with Gasteiger partial charge in [-0.25, -0.2) is 4.39 Å². The van der Waals surface area contributed by atoms with Crippen molar-refractivity contribution in [2.45, 2.75) is 0 Å². The molecule has 0 aliphatic heterocycles. The van der Waals surface area contributed by atoms with Gasteiger partial charge in [0.2, 0.25) is 0 Å². The van der Waals surface area contributed by atoms with Crippen molar-refractivity contribution >= 4 is 31.2 Å². The number of rotatable bonds is 1. The van der Waals surface area contributed by atoms with E-state index in [1.54, 1.807) is 0 Å². The highest BCUT2D eigenvalue weighted by Crippen LogP contribution is 2.14. The first-order valence-corrected chi connectivity index (χ1v) is 3.23. The molecule has 0 bridgehead atoms. The smallest absolute Gasteiger partial charge is 0.154 e. The zero-order chi connectivity index (χ0) is 8.43. The van der Waals surface area contributed by atoms with Crippen LogP contribution in [0.4, 0.5) is 4.39 Å². The average Bonchev–Trinajstić information content (AvgIpc) is 1.99. The summed E-state index contributed by atoms with van der Waals surface area (Å²) in [6.07, 6.45) is 0.341. The largest absolute Gasteiger partial charge is 0.298 e. The fourth-order valence-electron chi connectivity index (χ4n) is 0.694. The van der Waals surface area contributed by atoms with E-state index in [-0.39, 0.29) is 16.0 Å². The van der Waals surface area contributed by atoms with Gasteiger partial charge in [-0.3, -0.25) is 4.79 Å². The molecule has 4 heteroatoms. The molecule has 0 aliphatic carbocycles. The van der Waals surface area contributed by atoms with Gasteiger partial charge in [-0.1, -0.05) is 23.1 Å². The lowest BCUT2D eigenvalue weighted by atomic mass is 9.94. The predicted molar refractivity (Wildman–Crippen MR) is 42.2 cm³/mol. The molecule has 0 aromatic heterocycles. The van der Waals surface area contributed by atoms with Crippen LogP contribution in [0.2, 0.25) is 5.02 Å². The Hall–Kier alpha value is -0.825. The minimum absolute atomic E-state index is 0.0727. The Kier molecular flexibility index (Phi) is 2.30. The van der Waals surface area contributed by atoms with Crippen molar-refractivity contribution in [1.82, 2.24) is 0 Å². The summed E-state index contributed by atoms with van der Waals surface area (Å²) in [4.78, 5) is 10.2. The summed E-state index contributed by atoms with van der Waals surface area (Å²) in [5.74, 6) is -0.757. The van der Waals surface area contributed by atoms with Gasteiger partial charge in [-0.15, -0.1) is 0 Å². The third-order valence-corrected chi connectivity index (χ3v) is 1.60. The quantitative estimate of drug-likeness (QED) is 0.453. The molecule has 0 N–H and O–H groups in total. The third kappa shape index (κ3) is 1.43. The van der Waals surface area contributed by atoms with Gasteiger partial charge in [0, 0.05) is 0 Å². The van der Waals surface area contributed by atoms with Gasteiger partial charge in [-0.05, 0) is 6.07 Å². The number of carbonyl (C=O) groups excluding carboxylic acids is 1. The number of hydrogen-bond acceptors (Lipinski definition) is 1. The molecule has 2 radical (unpaired) electrons. The molecule has 0 amide bonds. The normalized spacial score (nSPS) is 9.64. The second-order valence-electron chi connectivity index (χ2n) is 1.98. The molecule has 0 saturated carbocycles. The first-order chi connectivity index (χ1) is 5.16. The molecule has 1 nitrogen and oxygen atoms in total. The standard InChI is InChI=1S/C7H3BClFO/c8-5-1-2-6(9)4(3-11)7(5)10/h1-3H. The van der Waals surface area contributed by atoms with Gasteiger partial charge in [-0.2, -0.15) is 0 Å². The van der Waals surface area contributed by atoms with E-state index in [0.29, 0.717) is 6.29 Å². The van der Waals surface area contributed by atoms with Crippen LogP contribution in [0.25, 0.3) is 0 Å². The van der Waals surface area contributed by atoms with Crippen molar-refractivity contribution in [2.75, 3.05) is 0 Å². The lowest BCUT2D eigenvalue weighted by Gasteiger charge is -2.00. The molecular formula is C7H3BClFO. The molecule has 54 valence electrons. The van der Waals surface area contributed by atoms with Gasteiger partial charge < -0.3 is 0 Å². The predicted octanol–water partition coefficient (Wildman–Crippen LogP) is 1.09. The van der Waals surface area contributed by atoms with Crippen molar-refractivity contribution < 1.29 is 9.18 Å². The Morgan fingerprint density at radius 2 is 2.18 bits per heavy atom.